The fourth-order valence-electron chi connectivity index (χ4n) is 2.54. The van der Waals surface area contributed by atoms with Gasteiger partial charge in [-0.15, -0.1) is 0 Å². The van der Waals surface area contributed by atoms with E-state index >= 15 is 0 Å². The molecule has 4 rings (SSSR count). The summed E-state index contributed by atoms with van der Waals surface area (Å²) >= 11 is 0. The Labute approximate surface area is 104 Å². The lowest BCUT2D eigenvalue weighted by Gasteiger charge is -2.02. The third kappa shape index (κ3) is 1.16. The number of fused-ring (bicyclic) bond motifs is 3. The first-order chi connectivity index (χ1) is 8.95. The van der Waals surface area contributed by atoms with E-state index in [1.807, 2.05) is 6.20 Å². The number of aromatic nitrogens is 3. The average Bonchev–Trinajstić information content (AvgIpc) is 3.03. The fourth-order valence-corrected chi connectivity index (χ4v) is 2.54. The lowest BCUT2D eigenvalue weighted by Crippen LogP contribution is -1.93. The van der Waals surface area contributed by atoms with E-state index in [-0.39, 0.29) is 0 Å². The van der Waals surface area contributed by atoms with Gasteiger partial charge < -0.3 is 4.98 Å². The van der Waals surface area contributed by atoms with Crippen molar-refractivity contribution in [1.29, 1.82) is 0 Å². The first kappa shape index (κ1) is 9.48. The van der Waals surface area contributed by atoms with Gasteiger partial charge in [-0.3, -0.25) is 4.57 Å². The zero-order chi connectivity index (χ0) is 11.9. The minimum atomic E-state index is 0.924. The Kier molecular flexibility index (Phi) is 1.83. The molecule has 0 radical (unpaired) electrons. The van der Waals surface area contributed by atoms with E-state index in [1.54, 1.807) is 6.33 Å². The van der Waals surface area contributed by atoms with Crippen molar-refractivity contribution in [3.63, 3.8) is 0 Å². The van der Waals surface area contributed by atoms with Crippen molar-refractivity contribution in [3.8, 4) is 5.82 Å². The predicted octanol–water partition coefficient (Wildman–Crippen LogP) is 3.51. The molecule has 0 saturated heterocycles. The van der Waals surface area contributed by atoms with Crippen LogP contribution in [0.5, 0.6) is 0 Å². The molecule has 2 aromatic heterocycles. The van der Waals surface area contributed by atoms with Crippen molar-refractivity contribution < 1.29 is 0 Å². The molecule has 0 aliphatic heterocycles. The quantitative estimate of drug-likeness (QED) is 0.536. The minimum Gasteiger partial charge on any atom is -0.349 e. The summed E-state index contributed by atoms with van der Waals surface area (Å²) in [5.41, 5.74) is 2.37. The van der Waals surface area contributed by atoms with Gasteiger partial charge in [0.1, 0.15) is 0 Å². The van der Waals surface area contributed by atoms with Crippen molar-refractivity contribution in [1.82, 2.24) is 14.5 Å². The Morgan fingerprint density at radius 3 is 2.00 bits per heavy atom. The molecule has 0 aliphatic rings. The first-order valence-electron chi connectivity index (χ1n) is 5.92. The fraction of sp³-hybridized carbons (Fsp3) is 0. The number of nitrogens with zero attached hydrogens (tertiary/aromatic N) is 2. The molecule has 0 amide bonds. The molecule has 4 aromatic rings. The van der Waals surface area contributed by atoms with Crippen LogP contribution in [0.1, 0.15) is 0 Å². The number of H-pyrrole nitrogens is 1. The van der Waals surface area contributed by atoms with Crippen LogP contribution in [-0.4, -0.2) is 14.5 Å². The lowest BCUT2D eigenvalue weighted by atomic mass is 10.2. The summed E-state index contributed by atoms with van der Waals surface area (Å²) in [6.45, 7) is 0. The number of benzene rings is 2. The Hall–Kier alpha value is -2.55. The van der Waals surface area contributed by atoms with Gasteiger partial charge in [0.2, 0.25) is 0 Å². The van der Waals surface area contributed by atoms with Gasteiger partial charge in [-0.1, -0.05) is 36.4 Å². The van der Waals surface area contributed by atoms with Crippen molar-refractivity contribution >= 4 is 21.8 Å². The van der Waals surface area contributed by atoms with Crippen LogP contribution >= 0.6 is 0 Å². The second-order valence-corrected chi connectivity index (χ2v) is 4.30. The summed E-state index contributed by atoms with van der Waals surface area (Å²) in [7, 11) is 0. The Bertz CT molecular complexity index is 772. The maximum absolute atomic E-state index is 4.37. The number of imidazole rings is 1. The second-order valence-electron chi connectivity index (χ2n) is 4.30. The van der Waals surface area contributed by atoms with Crippen molar-refractivity contribution in [2.75, 3.05) is 0 Å². The molecule has 2 heterocycles. The molecule has 86 valence electrons. The smallest absolute Gasteiger partial charge is 0.155 e. The van der Waals surface area contributed by atoms with Crippen LogP contribution in [0.3, 0.4) is 0 Å². The lowest BCUT2D eigenvalue weighted by molar-refractivity contribution is 1.11. The highest BCUT2D eigenvalue weighted by Gasteiger charge is 2.11. The molecule has 18 heavy (non-hydrogen) atoms. The summed E-state index contributed by atoms with van der Waals surface area (Å²) in [6.07, 6.45) is 3.62. The van der Waals surface area contributed by atoms with E-state index in [1.165, 1.54) is 21.8 Å². The number of rotatable bonds is 1. The highest BCUT2D eigenvalue weighted by Crippen LogP contribution is 2.30. The van der Waals surface area contributed by atoms with Crippen molar-refractivity contribution in [2.24, 2.45) is 0 Å². The monoisotopic (exact) mass is 233 g/mol. The largest absolute Gasteiger partial charge is 0.349 e. The van der Waals surface area contributed by atoms with Crippen LogP contribution in [0, 0.1) is 0 Å². The molecule has 0 spiro atoms. The highest BCUT2D eigenvalue weighted by atomic mass is 15.1. The zero-order valence-corrected chi connectivity index (χ0v) is 9.67. The van der Waals surface area contributed by atoms with Crippen LogP contribution in [0.15, 0.2) is 61.1 Å². The van der Waals surface area contributed by atoms with Gasteiger partial charge in [-0.05, 0) is 12.1 Å². The van der Waals surface area contributed by atoms with E-state index in [2.05, 4.69) is 63.1 Å². The molecule has 3 nitrogen and oxygen atoms in total. The number of hydrogen-bond acceptors (Lipinski definition) is 1. The number of hydrogen-bond donors (Lipinski definition) is 1. The van der Waals surface area contributed by atoms with Crippen molar-refractivity contribution in [2.45, 2.75) is 0 Å². The van der Waals surface area contributed by atoms with Crippen molar-refractivity contribution in [3.05, 3.63) is 61.1 Å². The number of nitrogens with one attached hydrogen (secondary N) is 1. The van der Waals surface area contributed by atoms with E-state index in [9.17, 15) is 0 Å². The van der Waals surface area contributed by atoms with Crippen LogP contribution in [0.4, 0.5) is 0 Å². The SMILES string of the molecule is c1ccc2c(c1)c1ccccc1n2-c1c[nH]cn1. The Balaban J connectivity index is 2.28. The molecule has 3 heteroatoms. The van der Waals surface area contributed by atoms with Crippen LogP contribution in [-0.2, 0) is 0 Å². The first-order valence-corrected chi connectivity index (χ1v) is 5.92. The molecule has 0 unspecified atom stereocenters. The summed E-state index contributed by atoms with van der Waals surface area (Å²) in [4.78, 5) is 7.38. The van der Waals surface area contributed by atoms with Gasteiger partial charge in [0.15, 0.2) is 5.82 Å². The van der Waals surface area contributed by atoms with Gasteiger partial charge in [-0.25, -0.2) is 4.98 Å². The molecular formula is C15H11N3. The third-order valence-corrected chi connectivity index (χ3v) is 3.29. The van der Waals surface area contributed by atoms with Crippen LogP contribution < -0.4 is 0 Å². The van der Waals surface area contributed by atoms with Gasteiger partial charge in [0, 0.05) is 17.0 Å². The standard InChI is InChI=1S/C15H11N3/c1-3-7-13-11(5-1)12-6-2-4-8-14(12)18(13)15-9-16-10-17-15/h1-10H,(H,16,17). The van der Waals surface area contributed by atoms with E-state index in [4.69, 9.17) is 0 Å². The summed E-state index contributed by atoms with van der Waals surface area (Å²) in [5, 5.41) is 2.52. The topological polar surface area (TPSA) is 33.6 Å². The maximum atomic E-state index is 4.37. The highest BCUT2D eigenvalue weighted by molar-refractivity contribution is 6.08. The second kappa shape index (κ2) is 3.47. The summed E-state index contributed by atoms with van der Waals surface area (Å²) in [5.74, 6) is 0.924. The van der Waals surface area contributed by atoms with Gasteiger partial charge in [-0.2, -0.15) is 0 Å². The summed E-state index contributed by atoms with van der Waals surface area (Å²) < 4.78 is 2.18. The molecule has 0 fully saturated rings. The van der Waals surface area contributed by atoms with E-state index in [0.29, 0.717) is 0 Å². The van der Waals surface area contributed by atoms with Crippen LogP contribution in [0.2, 0.25) is 0 Å². The predicted molar refractivity (Wildman–Crippen MR) is 72.9 cm³/mol. The van der Waals surface area contributed by atoms with Gasteiger partial charge in [0.25, 0.3) is 0 Å². The van der Waals surface area contributed by atoms with E-state index < -0.39 is 0 Å². The molecule has 0 aliphatic carbocycles. The molecular weight excluding hydrogens is 222 g/mol. The number of aromatic amines is 1. The minimum absolute atomic E-state index is 0.924. The maximum Gasteiger partial charge on any atom is 0.155 e. The van der Waals surface area contributed by atoms with Gasteiger partial charge >= 0.3 is 0 Å². The molecule has 0 bridgehead atoms. The molecule has 1 N–H and O–H groups in total. The summed E-state index contributed by atoms with van der Waals surface area (Å²) in [6, 6.07) is 16.8. The average molecular weight is 233 g/mol. The third-order valence-electron chi connectivity index (χ3n) is 3.29. The molecule has 0 saturated carbocycles. The van der Waals surface area contributed by atoms with E-state index in [0.717, 1.165) is 5.82 Å². The Morgan fingerprint density at radius 2 is 1.44 bits per heavy atom. The zero-order valence-electron chi connectivity index (χ0n) is 9.67. The number of para-hydroxylation sites is 2. The Morgan fingerprint density at radius 1 is 0.833 bits per heavy atom. The molecule has 0 atom stereocenters. The molecule has 2 aromatic carbocycles. The normalized spacial score (nSPS) is 11.3. The van der Waals surface area contributed by atoms with Gasteiger partial charge in [0.05, 0.1) is 17.4 Å². The van der Waals surface area contributed by atoms with Crippen LogP contribution in [0.25, 0.3) is 27.6 Å².